The third kappa shape index (κ3) is 1.67. The normalized spacial score (nSPS) is 25.3. The largest absolute Gasteiger partial charge is 0.475 e. The van der Waals surface area contributed by atoms with Crippen LogP contribution in [0.25, 0.3) is 0 Å². The van der Waals surface area contributed by atoms with Crippen molar-refractivity contribution in [2.45, 2.75) is 18.1 Å². The molecule has 98 valence electrons. The van der Waals surface area contributed by atoms with E-state index in [1.807, 2.05) is 18.2 Å². The Hall–Kier alpha value is -2.11. The van der Waals surface area contributed by atoms with Gasteiger partial charge in [0.05, 0.1) is 0 Å². The van der Waals surface area contributed by atoms with Gasteiger partial charge in [0.15, 0.2) is 0 Å². The predicted octanol–water partition coefficient (Wildman–Crippen LogP) is 1.62. The number of nitrogens with two attached hydrogens (primary N) is 1. The van der Waals surface area contributed by atoms with E-state index in [9.17, 15) is 9.90 Å². The Morgan fingerprint density at radius 1 is 1.32 bits per heavy atom. The number of carboxylic acids is 1. The minimum Gasteiger partial charge on any atom is -0.475 e. The van der Waals surface area contributed by atoms with Gasteiger partial charge in [0.2, 0.25) is 5.76 Å². The smallest absolute Gasteiger partial charge is 0.371 e. The van der Waals surface area contributed by atoms with Crippen LogP contribution in [0.4, 0.5) is 0 Å². The van der Waals surface area contributed by atoms with E-state index in [1.54, 1.807) is 6.07 Å². The lowest BCUT2D eigenvalue weighted by atomic mass is 9.93. The van der Waals surface area contributed by atoms with E-state index >= 15 is 0 Å². The average molecular weight is 259 g/mol. The zero-order chi connectivity index (χ0) is 13.6. The Morgan fingerprint density at radius 3 is 2.74 bits per heavy atom. The van der Waals surface area contributed by atoms with Crippen molar-refractivity contribution in [3.8, 4) is 0 Å². The summed E-state index contributed by atoms with van der Waals surface area (Å²) in [7, 11) is 0. The number of furan rings is 1. The summed E-state index contributed by atoms with van der Waals surface area (Å²) < 4.78 is 5.23. The lowest BCUT2D eigenvalue weighted by molar-refractivity contribution is 0.0485. The molecular weight excluding hydrogens is 246 g/mol. The molecule has 0 fully saturated rings. The van der Waals surface area contributed by atoms with Crippen LogP contribution in [-0.4, -0.2) is 16.2 Å². The first-order valence-corrected chi connectivity index (χ1v) is 5.93. The van der Waals surface area contributed by atoms with Crippen LogP contribution in [0.3, 0.4) is 0 Å². The zero-order valence-corrected chi connectivity index (χ0v) is 10.0. The Morgan fingerprint density at radius 2 is 2.05 bits per heavy atom. The van der Waals surface area contributed by atoms with Crippen molar-refractivity contribution < 1.29 is 19.4 Å². The van der Waals surface area contributed by atoms with Gasteiger partial charge < -0.3 is 20.4 Å². The minimum atomic E-state index is -1.36. The van der Waals surface area contributed by atoms with Crippen LogP contribution < -0.4 is 5.73 Å². The van der Waals surface area contributed by atoms with Gasteiger partial charge in [-0.1, -0.05) is 24.3 Å². The van der Waals surface area contributed by atoms with Gasteiger partial charge in [-0.3, -0.25) is 0 Å². The fourth-order valence-corrected chi connectivity index (χ4v) is 2.64. The Balaban J connectivity index is 2.11. The van der Waals surface area contributed by atoms with Gasteiger partial charge in [-0.15, -0.1) is 0 Å². The molecule has 1 aliphatic carbocycles. The molecule has 0 saturated heterocycles. The molecule has 5 nitrogen and oxygen atoms in total. The maximum absolute atomic E-state index is 10.8. The fraction of sp³-hybridized carbons (Fsp3) is 0.214. The molecule has 0 saturated carbocycles. The number of fused-ring (bicyclic) bond motifs is 1. The van der Waals surface area contributed by atoms with E-state index in [4.69, 9.17) is 15.3 Å². The molecule has 0 spiro atoms. The van der Waals surface area contributed by atoms with Crippen LogP contribution in [0, 0.1) is 0 Å². The Kier molecular flexibility index (Phi) is 2.48. The predicted molar refractivity (Wildman–Crippen MR) is 66.7 cm³/mol. The maximum Gasteiger partial charge on any atom is 0.371 e. The second-order valence-electron chi connectivity index (χ2n) is 4.73. The zero-order valence-electron chi connectivity index (χ0n) is 10.0. The number of carboxylic acid groups (broad SMARTS) is 1. The molecule has 0 amide bonds. The van der Waals surface area contributed by atoms with E-state index in [1.165, 1.54) is 12.1 Å². The first kappa shape index (κ1) is 12.0. The summed E-state index contributed by atoms with van der Waals surface area (Å²) in [5, 5.41) is 19.7. The highest BCUT2D eigenvalue weighted by molar-refractivity contribution is 5.84. The molecular formula is C14H13NO4. The minimum absolute atomic E-state index is 0.193. The molecule has 0 radical (unpaired) electrons. The van der Waals surface area contributed by atoms with Crippen molar-refractivity contribution in [1.29, 1.82) is 0 Å². The van der Waals surface area contributed by atoms with Gasteiger partial charge in [0.25, 0.3) is 0 Å². The first-order valence-electron chi connectivity index (χ1n) is 5.93. The summed E-state index contributed by atoms with van der Waals surface area (Å²) in [6.07, 6.45) is 0.277. The molecule has 1 aromatic carbocycles. The molecule has 1 aliphatic rings. The van der Waals surface area contributed by atoms with Crippen molar-refractivity contribution in [3.05, 3.63) is 59.0 Å². The number of hydrogen-bond acceptors (Lipinski definition) is 4. The van der Waals surface area contributed by atoms with Crippen LogP contribution in [0.5, 0.6) is 0 Å². The second kappa shape index (κ2) is 3.94. The molecule has 3 rings (SSSR count). The molecule has 0 bridgehead atoms. The lowest BCUT2D eigenvalue weighted by Crippen LogP contribution is -2.24. The summed E-state index contributed by atoms with van der Waals surface area (Å²) in [5.41, 5.74) is 6.18. The van der Waals surface area contributed by atoms with Gasteiger partial charge in [0.1, 0.15) is 11.4 Å². The third-order valence-corrected chi connectivity index (χ3v) is 3.55. The maximum atomic E-state index is 10.8. The van der Waals surface area contributed by atoms with E-state index in [0.29, 0.717) is 5.56 Å². The van der Waals surface area contributed by atoms with Gasteiger partial charge in [0, 0.05) is 12.5 Å². The quantitative estimate of drug-likeness (QED) is 0.761. The summed E-state index contributed by atoms with van der Waals surface area (Å²) in [4.78, 5) is 10.8. The lowest BCUT2D eigenvalue weighted by Gasteiger charge is -2.21. The van der Waals surface area contributed by atoms with Crippen molar-refractivity contribution >= 4 is 5.97 Å². The molecule has 19 heavy (non-hydrogen) atoms. The standard InChI is InChI=1S/C14H13NO4/c15-10-7-14(18,9-4-2-1-3-8(9)10)12-6-5-11(19-12)13(16)17/h1-6,10,18H,7,15H2,(H,16,17). The highest BCUT2D eigenvalue weighted by Crippen LogP contribution is 2.46. The van der Waals surface area contributed by atoms with E-state index < -0.39 is 11.6 Å². The summed E-state index contributed by atoms with van der Waals surface area (Å²) >= 11 is 0. The summed E-state index contributed by atoms with van der Waals surface area (Å²) in [5.74, 6) is -1.14. The third-order valence-electron chi connectivity index (χ3n) is 3.55. The number of rotatable bonds is 2. The van der Waals surface area contributed by atoms with Crippen LogP contribution in [-0.2, 0) is 5.60 Å². The average Bonchev–Trinajstić information content (AvgIpc) is 2.96. The number of aliphatic hydroxyl groups is 1. The Labute approximate surface area is 109 Å². The van der Waals surface area contributed by atoms with Gasteiger partial charge in [-0.25, -0.2) is 4.79 Å². The van der Waals surface area contributed by atoms with Crippen LogP contribution in [0.2, 0.25) is 0 Å². The van der Waals surface area contributed by atoms with Crippen molar-refractivity contribution in [3.63, 3.8) is 0 Å². The summed E-state index contributed by atoms with van der Waals surface area (Å²) in [6, 6.07) is 9.84. The Bertz CT molecular complexity index is 648. The van der Waals surface area contributed by atoms with Crippen molar-refractivity contribution in [1.82, 2.24) is 0 Å². The van der Waals surface area contributed by atoms with E-state index in [-0.39, 0.29) is 24.0 Å². The molecule has 2 unspecified atom stereocenters. The first-order chi connectivity index (χ1) is 9.02. The number of benzene rings is 1. The van der Waals surface area contributed by atoms with E-state index in [0.717, 1.165) is 5.56 Å². The second-order valence-corrected chi connectivity index (χ2v) is 4.73. The molecule has 0 aliphatic heterocycles. The number of aromatic carboxylic acids is 1. The molecule has 1 aromatic heterocycles. The molecule has 5 heteroatoms. The number of hydrogen-bond donors (Lipinski definition) is 3. The SMILES string of the molecule is NC1CC(O)(c2ccc(C(=O)O)o2)c2ccccc21. The molecule has 2 aromatic rings. The fourth-order valence-electron chi connectivity index (χ4n) is 2.64. The monoisotopic (exact) mass is 259 g/mol. The highest BCUT2D eigenvalue weighted by atomic mass is 16.4. The van der Waals surface area contributed by atoms with E-state index in [2.05, 4.69) is 0 Å². The van der Waals surface area contributed by atoms with Gasteiger partial charge >= 0.3 is 5.97 Å². The molecule has 1 heterocycles. The summed E-state index contributed by atoms with van der Waals surface area (Å²) in [6.45, 7) is 0. The highest BCUT2D eigenvalue weighted by Gasteiger charge is 2.44. The molecule has 2 atom stereocenters. The van der Waals surface area contributed by atoms with Crippen molar-refractivity contribution in [2.24, 2.45) is 5.73 Å². The molecule has 4 N–H and O–H groups in total. The van der Waals surface area contributed by atoms with Crippen LogP contribution in [0.15, 0.2) is 40.8 Å². The number of carbonyl (C=O) groups is 1. The van der Waals surface area contributed by atoms with Crippen molar-refractivity contribution in [2.75, 3.05) is 0 Å². The van der Waals surface area contributed by atoms with Crippen LogP contribution >= 0.6 is 0 Å². The van der Waals surface area contributed by atoms with Crippen LogP contribution in [0.1, 0.15) is 39.9 Å². The van der Waals surface area contributed by atoms with Gasteiger partial charge in [-0.05, 0) is 23.3 Å². The topological polar surface area (TPSA) is 96.7 Å². The van der Waals surface area contributed by atoms with Gasteiger partial charge in [-0.2, -0.15) is 0 Å².